The van der Waals surface area contributed by atoms with Gasteiger partial charge in [-0.25, -0.2) is 4.98 Å². The molecule has 1 aliphatic rings. The summed E-state index contributed by atoms with van der Waals surface area (Å²) in [7, 11) is 3.35. The zero-order chi connectivity index (χ0) is 24.1. The summed E-state index contributed by atoms with van der Waals surface area (Å²) in [6, 6.07) is 8.90. The van der Waals surface area contributed by atoms with Crippen LogP contribution in [-0.2, 0) is 4.79 Å². The van der Waals surface area contributed by atoms with E-state index in [1.54, 1.807) is 36.2 Å². The van der Waals surface area contributed by atoms with Crippen LogP contribution in [0.1, 0.15) is 37.6 Å². The van der Waals surface area contributed by atoms with Crippen LogP contribution in [0.2, 0.25) is 0 Å². The standard InChI is InChI=1S/C25H33N3O5/c1-6-23(30)27(4)14-22-16(2)13-28(17(3)15-29)25(31)20-11-18(12-26-24(20)33-22)19-9-7-8-10-21(19)32-5/h7-12,16-17,22,29H,6,13-15H2,1-5H3/t16-,17+,22-/m1/s1. The third-order valence-corrected chi connectivity index (χ3v) is 6.12. The van der Waals surface area contributed by atoms with Gasteiger partial charge in [0.1, 0.15) is 17.4 Å². The number of aliphatic hydroxyl groups is 1. The average molecular weight is 456 g/mol. The van der Waals surface area contributed by atoms with Crippen LogP contribution < -0.4 is 9.47 Å². The maximum absolute atomic E-state index is 13.6. The summed E-state index contributed by atoms with van der Waals surface area (Å²) < 4.78 is 11.7. The van der Waals surface area contributed by atoms with E-state index in [-0.39, 0.29) is 42.4 Å². The Balaban J connectivity index is 2.07. The molecule has 1 aromatic carbocycles. The Labute approximate surface area is 195 Å². The molecule has 3 rings (SSSR count). The third kappa shape index (κ3) is 5.27. The molecule has 0 bridgehead atoms. The molecule has 33 heavy (non-hydrogen) atoms. The first-order chi connectivity index (χ1) is 15.8. The number of ether oxygens (including phenoxy) is 2. The van der Waals surface area contributed by atoms with Crippen molar-refractivity contribution in [2.45, 2.75) is 39.3 Å². The Kier molecular flexibility index (Phi) is 7.92. The second-order valence-electron chi connectivity index (χ2n) is 8.53. The number of amides is 2. The number of pyridine rings is 1. The van der Waals surface area contributed by atoms with Crippen LogP contribution in [-0.4, -0.2) is 77.7 Å². The highest BCUT2D eigenvalue weighted by Gasteiger charge is 2.34. The number of likely N-dealkylation sites (N-methyl/N-ethyl adjacent to an activating group) is 1. The van der Waals surface area contributed by atoms with Crippen LogP contribution in [0.3, 0.4) is 0 Å². The molecule has 0 fully saturated rings. The fourth-order valence-electron chi connectivity index (χ4n) is 3.99. The van der Waals surface area contributed by atoms with Gasteiger partial charge < -0.3 is 24.4 Å². The van der Waals surface area contributed by atoms with Crippen LogP contribution in [0.25, 0.3) is 11.1 Å². The minimum atomic E-state index is -0.378. The number of aliphatic hydroxyl groups excluding tert-OH is 1. The predicted molar refractivity (Wildman–Crippen MR) is 125 cm³/mol. The number of nitrogens with zero attached hydrogens (tertiary/aromatic N) is 3. The number of aromatic nitrogens is 1. The lowest BCUT2D eigenvalue weighted by molar-refractivity contribution is -0.131. The third-order valence-electron chi connectivity index (χ3n) is 6.12. The Morgan fingerprint density at radius 1 is 1.36 bits per heavy atom. The maximum atomic E-state index is 13.6. The van der Waals surface area contributed by atoms with Crippen LogP contribution >= 0.6 is 0 Å². The van der Waals surface area contributed by atoms with E-state index in [0.29, 0.717) is 30.8 Å². The molecule has 0 saturated heterocycles. The normalized spacial score (nSPS) is 19.1. The summed E-state index contributed by atoms with van der Waals surface area (Å²) in [5.41, 5.74) is 1.85. The zero-order valence-electron chi connectivity index (χ0n) is 19.9. The molecule has 2 amide bonds. The van der Waals surface area contributed by atoms with Gasteiger partial charge in [-0.3, -0.25) is 9.59 Å². The van der Waals surface area contributed by atoms with E-state index >= 15 is 0 Å². The first-order valence-electron chi connectivity index (χ1n) is 11.3. The molecular formula is C25H33N3O5. The van der Waals surface area contributed by atoms with Gasteiger partial charge in [0, 0.05) is 43.3 Å². The molecule has 0 aliphatic carbocycles. The van der Waals surface area contributed by atoms with Crippen LogP contribution in [0.5, 0.6) is 11.6 Å². The van der Waals surface area contributed by atoms with Gasteiger partial charge in [0.05, 0.1) is 26.3 Å². The highest BCUT2D eigenvalue weighted by Crippen LogP contribution is 2.34. The van der Waals surface area contributed by atoms with Crippen molar-refractivity contribution >= 4 is 11.8 Å². The summed E-state index contributed by atoms with van der Waals surface area (Å²) >= 11 is 0. The number of hydrogen-bond donors (Lipinski definition) is 1. The Morgan fingerprint density at radius 2 is 2.09 bits per heavy atom. The van der Waals surface area contributed by atoms with Gasteiger partial charge in [0.2, 0.25) is 11.8 Å². The maximum Gasteiger partial charge on any atom is 0.259 e. The highest BCUT2D eigenvalue weighted by atomic mass is 16.5. The van der Waals surface area contributed by atoms with Crippen molar-refractivity contribution in [2.75, 3.05) is 33.9 Å². The molecule has 0 spiro atoms. The fourth-order valence-corrected chi connectivity index (χ4v) is 3.99. The number of benzene rings is 1. The summed E-state index contributed by atoms with van der Waals surface area (Å²) in [5.74, 6) is 0.579. The molecule has 0 saturated carbocycles. The monoisotopic (exact) mass is 455 g/mol. The van der Waals surface area contributed by atoms with E-state index in [0.717, 1.165) is 11.1 Å². The molecule has 8 nitrogen and oxygen atoms in total. The van der Waals surface area contributed by atoms with E-state index in [4.69, 9.17) is 9.47 Å². The lowest BCUT2D eigenvalue weighted by atomic mass is 9.99. The minimum absolute atomic E-state index is 0.0178. The number of methoxy groups -OCH3 is 1. The van der Waals surface area contributed by atoms with Gasteiger partial charge in [0.15, 0.2) is 0 Å². The quantitative estimate of drug-likeness (QED) is 0.690. The van der Waals surface area contributed by atoms with Crippen LogP contribution in [0.4, 0.5) is 0 Å². The van der Waals surface area contributed by atoms with Gasteiger partial charge in [-0.05, 0) is 19.1 Å². The van der Waals surface area contributed by atoms with Crippen molar-refractivity contribution in [3.63, 3.8) is 0 Å². The highest BCUT2D eigenvalue weighted by molar-refractivity contribution is 5.98. The molecule has 3 atom stereocenters. The Bertz CT molecular complexity index is 996. The largest absolute Gasteiger partial charge is 0.496 e. The SMILES string of the molecule is CCC(=O)N(C)C[C@H]1Oc2ncc(-c3ccccc3OC)cc2C(=O)N([C@@H](C)CO)C[C@H]1C. The molecule has 0 radical (unpaired) electrons. The van der Waals surface area contributed by atoms with Crippen molar-refractivity contribution in [3.05, 3.63) is 42.1 Å². The summed E-state index contributed by atoms with van der Waals surface area (Å²) in [5, 5.41) is 9.81. The van der Waals surface area contributed by atoms with Gasteiger partial charge in [-0.2, -0.15) is 0 Å². The summed E-state index contributed by atoms with van der Waals surface area (Å²) in [4.78, 5) is 33.5. The smallest absolute Gasteiger partial charge is 0.259 e. The van der Waals surface area contributed by atoms with Gasteiger partial charge in [0.25, 0.3) is 5.91 Å². The topological polar surface area (TPSA) is 92.2 Å². The molecule has 2 aromatic rings. The Morgan fingerprint density at radius 3 is 2.76 bits per heavy atom. The molecule has 0 unspecified atom stereocenters. The number of fused-ring (bicyclic) bond motifs is 1. The number of rotatable bonds is 7. The second-order valence-corrected chi connectivity index (χ2v) is 8.53. The van der Waals surface area contributed by atoms with Gasteiger partial charge in [-0.15, -0.1) is 0 Å². The number of para-hydroxylation sites is 1. The van der Waals surface area contributed by atoms with E-state index in [1.807, 2.05) is 45.0 Å². The van der Waals surface area contributed by atoms with Crippen molar-refractivity contribution < 1.29 is 24.2 Å². The molecule has 2 heterocycles. The zero-order valence-corrected chi connectivity index (χ0v) is 19.9. The molecule has 8 heteroatoms. The number of carbonyl (C=O) groups is 2. The number of carbonyl (C=O) groups excluding carboxylic acids is 2. The lowest BCUT2D eigenvalue weighted by Crippen LogP contribution is -2.50. The lowest BCUT2D eigenvalue weighted by Gasteiger charge is -2.37. The van der Waals surface area contributed by atoms with Crippen LogP contribution in [0, 0.1) is 5.92 Å². The molecule has 1 aliphatic heterocycles. The second kappa shape index (κ2) is 10.7. The Hall–Kier alpha value is -3.13. The molecule has 1 N–H and O–H groups in total. The predicted octanol–water partition coefficient (Wildman–Crippen LogP) is 2.85. The van der Waals surface area contributed by atoms with Crippen molar-refractivity contribution in [1.29, 1.82) is 0 Å². The first kappa shape index (κ1) is 24.5. The van der Waals surface area contributed by atoms with E-state index < -0.39 is 0 Å². The first-order valence-corrected chi connectivity index (χ1v) is 11.3. The van der Waals surface area contributed by atoms with E-state index in [2.05, 4.69) is 4.98 Å². The van der Waals surface area contributed by atoms with Crippen molar-refractivity contribution in [1.82, 2.24) is 14.8 Å². The van der Waals surface area contributed by atoms with Gasteiger partial charge in [-0.1, -0.05) is 32.0 Å². The summed E-state index contributed by atoms with van der Waals surface area (Å²) in [6.07, 6.45) is 1.70. The molecular weight excluding hydrogens is 422 g/mol. The summed E-state index contributed by atoms with van der Waals surface area (Å²) in [6.45, 7) is 6.21. The molecule has 1 aromatic heterocycles. The average Bonchev–Trinajstić information content (AvgIpc) is 2.84. The minimum Gasteiger partial charge on any atom is -0.496 e. The number of hydrogen-bond acceptors (Lipinski definition) is 6. The van der Waals surface area contributed by atoms with Crippen molar-refractivity contribution in [2.24, 2.45) is 5.92 Å². The van der Waals surface area contributed by atoms with E-state index in [9.17, 15) is 14.7 Å². The van der Waals surface area contributed by atoms with E-state index in [1.165, 1.54) is 0 Å². The molecule has 178 valence electrons. The van der Waals surface area contributed by atoms with Crippen molar-refractivity contribution in [3.8, 4) is 22.8 Å². The van der Waals surface area contributed by atoms with Crippen LogP contribution in [0.15, 0.2) is 36.5 Å². The van der Waals surface area contributed by atoms with Gasteiger partial charge >= 0.3 is 0 Å². The fraction of sp³-hybridized carbons (Fsp3) is 0.480.